The Kier molecular flexibility index (Phi) is 2.31. The minimum absolute atomic E-state index is 0.623. The van der Waals surface area contributed by atoms with E-state index in [9.17, 15) is 0 Å². The number of nitrogens with zero attached hydrogens (tertiary/aromatic N) is 4. The SMILES string of the molecule is Cn1c(-c2cccnc2)nc2cc(C#N)ccc21. The van der Waals surface area contributed by atoms with Crippen molar-refractivity contribution in [2.75, 3.05) is 0 Å². The quantitative estimate of drug-likeness (QED) is 0.650. The number of pyridine rings is 1. The van der Waals surface area contributed by atoms with Crippen LogP contribution in [0.3, 0.4) is 0 Å². The number of aromatic nitrogens is 3. The van der Waals surface area contributed by atoms with Crippen LogP contribution in [0.25, 0.3) is 22.4 Å². The molecule has 1 aromatic carbocycles. The van der Waals surface area contributed by atoms with Gasteiger partial charge in [0, 0.05) is 25.0 Å². The third-order valence-corrected chi connectivity index (χ3v) is 2.93. The van der Waals surface area contributed by atoms with Crippen molar-refractivity contribution < 1.29 is 0 Å². The monoisotopic (exact) mass is 234 g/mol. The van der Waals surface area contributed by atoms with E-state index in [1.807, 2.05) is 29.8 Å². The Morgan fingerprint density at radius 1 is 1.28 bits per heavy atom. The number of fused-ring (bicyclic) bond motifs is 1. The van der Waals surface area contributed by atoms with Crippen LogP contribution in [0.5, 0.6) is 0 Å². The molecular formula is C14H10N4. The molecule has 0 amide bonds. The summed E-state index contributed by atoms with van der Waals surface area (Å²) in [5.74, 6) is 0.855. The number of hydrogen-bond acceptors (Lipinski definition) is 3. The van der Waals surface area contributed by atoms with Gasteiger partial charge in [0.25, 0.3) is 0 Å². The van der Waals surface area contributed by atoms with Gasteiger partial charge in [0.05, 0.1) is 22.7 Å². The second-order valence-electron chi connectivity index (χ2n) is 4.05. The van der Waals surface area contributed by atoms with E-state index in [1.54, 1.807) is 24.5 Å². The van der Waals surface area contributed by atoms with Crippen molar-refractivity contribution in [2.24, 2.45) is 7.05 Å². The summed E-state index contributed by atoms with van der Waals surface area (Å²) in [5.41, 5.74) is 3.43. The van der Waals surface area contributed by atoms with Gasteiger partial charge in [-0.15, -0.1) is 0 Å². The third-order valence-electron chi connectivity index (χ3n) is 2.93. The summed E-state index contributed by atoms with van der Waals surface area (Å²) in [6.07, 6.45) is 3.52. The molecule has 3 rings (SSSR count). The minimum atomic E-state index is 0.623. The fourth-order valence-electron chi connectivity index (χ4n) is 2.02. The van der Waals surface area contributed by atoms with E-state index in [0.717, 1.165) is 22.4 Å². The molecule has 0 saturated heterocycles. The Morgan fingerprint density at radius 2 is 2.17 bits per heavy atom. The molecule has 86 valence electrons. The molecule has 4 nitrogen and oxygen atoms in total. The smallest absolute Gasteiger partial charge is 0.142 e. The van der Waals surface area contributed by atoms with E-state index in [4.69, 9.17) is 5.26 Å². The normalized spacial score (nSPS) is 10.4. The van der Waals surface area contributed by atoms with E-state index < -0.39 is 0 Å². The molecule has 0 saturated carbocycles. The molecule has 4 heteroatoms. The Bertz CT molecular complexity index is 751. The maximum Gasteiger partial charge on any atom is 0.142 e. The van der Waals surface area contributed by atoms with Crippen LogP contribution in [-0.4, -0.2) is 14.5 Å². The minimum Gasteiger partial charge on any atom is -0.327 e. The zero-order chi connectivity index (χ0) is 12.5. The molecule has 3 aromatic rings. The molecule has 0 radical (unpaired) electrons. The van der Waals surface area contributed by atoms with Crippen molar-refractivity contribution in [1.29, 1.82) is 5.26 Å². The van der Waals surface area contributed by atoms with Gasteiger partial charge in [-0.25, -0.2) is 4.98 Å². The molecule has 0 unspecified atom stereocenters. The molecule has 0 aliphatic carbocycles. The number of hydrogen-bond donors (Lipinski definition) is 0. The van der Waals surface area contributed by atoms with Gasteiger partial charge in [-0.3, -0.25) is 4.98 Å². The van der Waals surface area contributed by atoms with Crippen molar-refractivity contribution >= 4 is 11.0 Å². The lowest BCUT2D eigenvalue weighted by atomic mass is 10.2. The number of nitriles is 1. The number of aryl methyl sites for hydroxylation is 1. The first-order chi connectivity index (χ1) is 8.79. The highest BCUT2D eigenvalue weighted by molar-refractivity contribution is 5.81. The third kappa shape index (κ3) is 1.54. The lowest BCUT2D eigenvalue weighted by Gasteiger charge is -2.00. The van der Waals surface area contributed by atoms with E-state index >= 15 is 0 Å². The van der Waals surface area contributed by atoms with Crippen LogP contribution < -0.4 is 0 Å². The topological polar surface area (TPSA) is 54.5 Å². The van der Waals surface area contributed by atoms with Gasteiger partial charge in [0.2, 0.25) is 0 Å². The average molecular weight is 234 g/mol. The molecule has 0 N–H and O–H groups in total. The Balaban J connectivity index is 2.27. The van der Waals surface area contributed by atoms with Gasteiger partial charge in [0.1, 0.15) is 5.82 Å². The summed E-state index contributed by atoms with van der Waals surface area (Å²) >= 11 is 0. The first-order valence-electron chi connectivity index (χ1n) is 5.56. The second-order valence-corrected chi connectivity index (χ2v) is 4.05. The van der Waals surface area contributed by atoms with Crippen LogP contribution >= 0.6 is 0 Å². The average Bonchev–Trinajstić information content (AvgIpc) is 2.76. The zero-order valence-electron chi connectivity index (χ0n) is 9.83. The predicted octanol–water partition coefficient (Wildman–Crippen LogP) is 2.51. The summed E-state index contributed by atoms with van der Waals surface area (Å²) < 4.78 is 2.01. The van der Waals surface area contributed by atoms with E-state index in [1.165, 1.54) is 0 Å². The van der Waals surface area contributed by atoms with Gasteiger partial charge in [-0.05, 0) is 30.3 Å². The van der Waals surface area contributed by atoms with E-state index in [2.05, 4.69) is 16.0 Å². The molecule has 0 fully saturated rings. The Morgan fingerprint density at radius 3 is 2.89 bits per heavy atom. The molecule has 0 aliphatic rings. The van der Waals surface area contributed by atoms with Crippen LogP contribution in [0.15, 0.2) is 42.7 Å². The fraction of sp³-hybridized carbons (Fsp3) is 0.0714. The van der Waals surface area contributed by atoms with Gasteiger partial charge in [-0.2, -0.15) is 5.26 Å². The van der Waals surface area contributed by atoms with Crippen LogP contribution in [0.4, 0.5) is 0 Å². The molecule has 2 heterocycles. The van der Waals surface area contributed by atoms with E-state index in [-0.39, 0.29) is 0 Å². The summed E-state index contributed by atoms with van der Waals surface area (Å²) in [5, 5.41) is 8.90. The summed E-state index contributed by atoms with van der Waals surface area (Å²) in [7, 11) is 1.96. The molecular weight excluding hydrogens is 224 g/mol. The first-order valence-corrected chi connectivity index (χ1v) is 5.56. The molecule has 18 heavy (non-hydrogen) atoms. The predicted molar refractivity (Wildman–Crippen MR) is 68.7 cm³/mol. The highest BCUT2D eigenvalue weighted by Crippen LogP contribution is 2.23. The van der Waals surface area contributed by atoms with Crippen molar-refractivity contribution in [3.8, 4) is 17.5 Å². The van der Waals surface area contributed by atoms with Crippen LogP contribution in [0.2, 0.25) is 0 Å². The molecule has 0 aliphatic heterocycles. The van der Waals surface area contributed by atoms with Crippen LogP contribution in [-0.2, 0) is 7.05 Å². The fourth-order valence-corrected chi connectivity index (χ4v) is 2.02. The molecule has 0 atom stereocenters. The lowest BCUT2D eigenvalue weighted by molar-refractivity contribution is 0.957. The number of benzene rings is 1. The highest BCUT2D eigenvalue weighted by Gasteiger charge is 2.09. The maximum absolute atomic E-state index is 8.90. The summed E-state index contributed by atoms with van der Waals surface area (Å²) in [6, 6.07) is 11.5. The number of rotatable bonds is 1. The van der Waals surface area contributed by atoms with Crippen molar-refractivity contribution in [2.45, 2.75) is 0 Å². The van der Waals surface area contributed by atoms with Crippen LogP contribution in [0, 0.1) is 11.3 Å². The van der Waals surface area contributed by atoms with Crippen LogP contribution in [0.1, 0.15) is 5.56 Å². The Labute approximate surface area is 104 Å². The standard InChI is InChI=1S/C14H10N4/c1-18-13-5-4-10(8-15)7-12(13)17-14(18)11-3-2-6-16-9-11/h2-7,9H,1H3. The largest absolute Gasteiger partial charge is 0.327 e. The first kappa shape index (κ1) is 10.5. The highest BCUT2D eigenvalue weighted by atomic mass is 15.1. The van der Waals surface area contributed by atoms with Gasteiger partial charge < -0.3 is 4.57 Å². The van der Waals surface area contributed by atoms with Crippen molar-refractivity contribution in [1.82, 2.24) is 14.5 Å². The van der Waals surface area contributed by atoms with Gasteiger partial charge in [0.15, 0.2) is 0 Å². The van der Waals surface area contributed by atoms with Crippen molar-refractivity contribution in [3.63, 3.8) is 0 Å². The number of imidazole rings is 1. The van der Waals surface area contributed by atoms with E-state index in [0.29, 0.717) is 5.56 Å². The maximum atomic E-state index is 8.90. The van der Waals surface area contributed by atoms with Gasteiger partial charge in [-0.1, -0.05) is 0 Å². The van der Waals surface area contributed by atoms with Gasteiger partial charge >= 0.3 is 0 Å². The molecule has 0 bridgehead atoms. The summed E-state index contributed by atoms with van der Waals surface area (Å²) in [4.78, 5) is 8.66. The van der Waals surface area contributed by atoms with Crippen molar-refractivity contribution in [3.05, 3.63) is 48.3 Å². The zero-order valence-corrected chi connectivity index (χ0v) is 9.83. The summed E-state index contributed by atoms with van der Waals surface area (Å²) in [6.45, 7) is 0. The lowest BCUT2D eigenvalue weighted by Crippen LogP contribution is -1.92. The molecule has 0 spiro atoms. The Hall–Kier alpha value is -2.67. The second kappa shape index (κ2) is 3.97. The molecule has 2 aromatic heterocycles.